The lowest BCUT2D eigenvalue weighted by atomic mass is 9.97. The van der Waals surface area contributed by atoms with Crippen molar-refractivity contribution < 1.29 is 13.7 Å². The van der Waals surface area contributed by atoms with Gasteiger partial charge in [0, 0.05) is 50.8 Å². The second-order valence-corrected chi connectivity index (χ2v) is 9.76. The number of anilines is 1. The van der Waals surface area contributed by atoms with Gasteiger partial charge in [-0.2, -0.15) is 4.98 Å². The van der Waals surface area contributed by atoms with Gasteiger partial charge in [0.25, 0.3) is 5.89 Å². The predicted octanol–water partition coefficient (Wildman–Crippen LogP) is 4.54. The number of fused-ring (bicyclic) bond motifs is 1. The Bertz CT molecular complexity index is 1170. The normalized spacial score (nSPS) is 20.4. The second kappa shape index (κ2) is 9.58. The van der Waals surface area contributed by atoms with E-state index in [1.807, 2.05) is 26.8 Å². The molecular weight excluding hydrogens is 433 g/mol. The van der Waals surface area contributed by atoms with Crippen LogP contribution < -0.4 is 4.90 Å². The summed E-state index contributed by atoms with van der Waals surface area (Å²) in [7, 11) is 0. The highest BCUT2D eigenvalue weighted by molar-refractivity contribution is 5.93. The van der Waals surface area contributed by atoms with Crippen LogP contribution in [0.3, 0.4) is 0 Å². The summed E-state index contributed by atoms with van der Waals surface area (Å²) in [6.07, 6.45) is 3.03. The van der Waals surface area contributed by atoms with Gasteiger partial charge in [-0.05, 0) is 69.2 Å². The molecule has 0 bridgehead atoms. The van der Waals surface area contributed by atoms with E-state index in [1.54, 1.807) is 6.07 Å². The minimum Gasteiger partial charge on any atom is -0.381 e. The number of hydrogen-bond donors (Lipinski definition) is 0. The van der Waals surface area contributed by atoms with Crippen molar-refractivity contribution in [1.29, 1.82) is 0 Å². The summed E-state index contributed by atoms with van der Waals surface area (Å²) in [5.74, 6) is 2.16. The van der Waals surface area contributed by atoms with Crippen molar-refractivity contribution in [2.75, 3.05) is 44.3 Å². The van der Waals surface area contributed by atoms with Gasteiger partial charge in [0.15, 0.2) is 5.82 Å². The summed E-state index contributed by atoms with van der Waals surface area (Å²) in [5.41, 5.74) is 3.09. The molecule has 0 radical (unpaired) electrons. The Kier molecular flexibility index (Phi) is 6.53. The van der Waals surface area contributed by atoms with Gasteiger partial charge in [0.2, 0.25) is 0 Å². The van der Waals surface area contributed by atoms with Crippen LogP contribution in [0.5, 0.6) is 0 Å². The summed E-state index contributed by atoms with van der Waals surface area (Å²) in [5, 5.41) is 4.82. The number of hydrogen-bond acceptors (Lipinski definition) is 7. The highest BCUT2D eigenvalue weighted by Crippen LogP contribution is 2.38. The molecule has 0 N–H and O–H groups in total. The van der Waals surface area contributed by atoms with E-state index in [1.165, 1.54) is 0 Å². The van der Waals surface area contributed by atoms with Crippen LogP contribution in [0.4, 0.5) is 10.2 Å². The minimum atomic E-state index is -0.279. The van der Waals surface area contributed by atoms with E-state index >= 15 is 4.39 Å². The van der Waals surface area contributed by atoms with Gasteiger partial charge in [-0.1, -0.05) is 12.1 Å². The third-order valence-electron chi connectivity index (χ3n) is 7.39. The van der Waals surface area contributed by atoms with Gasteiger partial charge >= 0.3 is 0 Å². The van der Waals surface area contributed by atoms with E-state index < -0.39 is 0 Å². The fourth-order valence-corrected chi connectivity index (χ4v) is 5.33. The SMILES string of the molecule is CCc1cc(F)c2nc(N3CCN(CC4CCOCC4)[C@H](C)C3)c(-c3nc(C)no3)c(C)c2c1. The molecule has 2 aliphatic heterocycles. The molecular formula is C26H34FN5O2. The zero-order valence-electron chi connectivity index (χ0n) is 20.6. The fraction of sp³-hybridized carbons (Fsp3) is 0.577. The summed E-state index contributed by atoms with van der Waals surface area (Å²) >= 11 is 0. The van der Waals surface area contributed by atoms with Crippen LogP contribution in [0.25, 0.3) is 22.4 Å². The molecule has 4 heterocycles. The minimum absolute atomic E-state index is 0.279. The van der Waals surface area contributed by atoms with Crippen molar-refractivity contribution in [2.24, 2.45) is 5.92 Å². The van der Waals surface area contributed by atoms with Crippen molar-refractivity contribution in [3.05, 3.63) is 34.9 Å². The first-order valence-corrected chi connectivity index (χ1v) is 12.4. The third kappa shape index (κ3) is 4.41. The summed E-state index contributed by atoms with van der Waals surface area (Å²) in [6, 6.07) is 3.99. The van der Waals surface area contributed by atoms with E-state index in [-0.39, 0.29) is 5.82 Å². The van der Waals surface area contributed by atoms with Gasteiger partial charge in [0.05, 0.1) is 5.56 Å². The molecule has 2 saturated heterocycles. The number of aryl methyl sites for hydroxylation is 3. The topological polar surface area (TPSA) is 67.5 Å². The quantitative estimate of drug-likeness (QED) is 0.546. The summed E-state index contributed by atoms with van der Waals surface area (Å²) in [6.45, 7) is 13.5. The lowest BCUT2D eigenvalue weighted by molar-refractivity contribution is 0.0447. The van der Waals surface area contributed by atoms with Crippen LogP contribution in [0, 0.1) is 25.6 Å². The van der Waals surface area contributed by atoms with Crippen LogP contribution in [-0.2, 0) is 11.2 Å². The number of halogens is 1. The van der Waals surface area contributed by atoms with Crippen LogP contribution in [0.15, 0.2) is 16.7 Å². The zero-order valence-corrected chi connectivity index (χ0v) is 20.6. The Balaban J connectivity index is 1.51. The van der Waals surface area contributed by atoms with Gasteiger partial charge < -0.3 is 14.2 Å². The molecule has 0 unspecified atom stereocenters. The first-order valence-electron chi connectivity index (χ1n) is 12.4. The first kappa shape index (κ1) is 23.2. The molecule has 1 aromatic carbocycles. The Hall–Kier alpha value is -2.58. The molecule has 2 aliphatic rings. The second-order valence-electron chi connectivity index (χ2n) is 9.76. The van der Waals surface area contributed by atoms with Crippen molar-refractivity contribution in [3.8, 4) is 11.5 Å². The molecule has 5 rings (SSSR count). The number of pyridine rings is 1. The largest absolute Gasteiger partial charge is 0.381 e. The Morgan fingerprint density at radius 3 is 2.59 bits per heavy atom. The first-order chi connectivity index (χ1) is 16.4. The summed E-state index contributed by atoms with van der Waals surface area (Å²) in [4.78, 5) is 14.2. The average molecular weight is 468 g/mol. The molecule has 0 amide bonds. The lowest BCUT2D eigenvalue weighted by Gasteiger charge is -2.42. The van der Waals surface area contributed by atoms with E-state index in [0.29, 0.717) is 29.2 Å². The smallest absolute Gasteiger partial charge is 0.261 e. The molecule has 8 heteroatoms. The van der Waals surface area contributed by atoms with Crippen molar-refractivity contribution >= 4 is 16.7 Å². The number of ether oxygens (including phenoxy) is 1. The molecule has 0 spiro atoms. The van der Waals surface area contributed by atoms with Crippen LogP contribution >= 0.6 is 0 Å². The number of aromatic nitrogens is 3. The van der Waals surface area contributed by atoms with E-state index in [9.17, 15) is 0 Å². The van der Waals surface area contributed by atoms with Crippen LogP contribution in [-0.4, -0.2) is 65.5 Å². The average Bonchev–Trinajstić information content (AvgIpc) is 3.27. The molecule has 2 aromatic heterocycles. The summed E-state index contributed by atoms with van der Waals surface area (Å²) < 4.78 is 26.3. The zero-order chi connectivity index (χ0) is 23.8. The monoisotopic (exact) mass is 467 g/mol. The van der Waals surface area contributed by atoms with Crippen LogP contribution in [0.1, 0.15) is 43.6 Å². The van der Waals surface area contributed by atoms with Crippen LogP contribution in [0.2, 0.25) is 0 Å². The van der Waals surface area contributed by atoms with Gasteiger partial charge in [-0.3, -0.25) is 4.90 Å². The Morgan fingerprint density at radius 2 is 1.91 bits per heavy atom. The van der Waals surface area contributed by atoms with Gasteiger partial charge in [0.1, 0.15) is 17.2 Å². The molecule has 1 atom stereocenters. The molecule has 182 valence electrons. The Morgan fingerprint density at radius 1 is 1.12 bits per heavy atom. The van der Waals surface area contributed by atoms with Gasteiger partial charge in [-0.15, -0.1) is 0 Å². The standard InChI is InChI=1S/C26H34FN5O2/c1-5-19-12-21-17(3)23(26-28-18(4)30-34-26)25(29-24(21)22(27)13-19)32-9-8-31(16(2)14-32)15-20-6-10-33-11-7-20/h12-13,16,20H,5-11,14-15H2,1-4H3/t16-/m1/s1. The number of benzene rings is 1. The Labute approximate surface area is 200 Å². The molecule has 0 saturated carbocycles. The highest BCUT2D eigenvalue weighted by Gasteiger charge is 2.31. The van der Waals surface area contributed by atoms with E-state index in [4.69, 9.17) is 14.2 Å². The predicted molar refractivity (Wildman–Crippen MR) is 131 cm³/mol. The number of piperazine rings is 1. The molecule has 0 aliphatic carbocycles. The molecule has 7 nitrogen and oxygen atoms in total. The van der Waals surface area contributed by atoms with Crippen molar-refractivity contribution in [3.63, 3.8) is 0 Å². The number of rotatable bonds is 5. The van der Waals surface area contributed by atoms with Crippen molar-refractivity contribution in [2.45, 2.75) is 53.0 Å². The fourth-order valence-electron chi connectivity index (χ4n) is 5.33. The maximum absolute atomic E-state index is 15.1. The third-order valence-corrected chi connectivity index (χ3v) is 7.39. The van der Waals surface area contributed by atoms with E-state index in [2.05, 4.69) is 26.9 Å². The van der Waals surface area contributed by atoms with Gasteiger partial charge in [-0.25, -0.2) is 9.37 Å². The maximum atomic E-state index is 15.1. The van der Waals surface area contributed by atoms with E-state index in [0.717, 1.165) is 86.5 Å². The molecule has 3 aromatic rings. The maximum Gasteiger partial charge on any atom is 0.261 e. The molecule has 2 fully saturated rings. The number of nitrogens with zero attached hydrogens (tertiary/aromatic N) is 5. The highest BCUT2D eigenvalue weighted by atomic mass is 19.1. The van der Waals surface area contributed by atoms with Crippen molar-refractivity contribution in [1.82, 2.24) is 20.0 Å². The molecule has 34 heavy (non-hydrogen) atoms. The lowest BCUT2D eigenvalue weighted by Crippen LogP contribution is -2.53.